The Bertz CT molecular complexity index is 434. The van der Waals surface area contributed by atoms with Crippen LogP contribution < -0.4 is 10.2 Å². The lowest BCUT2D eigenvalue weighted by atomic mass is 10.1. The molecule has 1 heterocycles. The summed E-state index contributed by atoms with van der Waals surface area (Å²) >= 11 is 0. The minimum absolute atomic E-state index is 0.0994. The highest BCUT2D eigenvalue weighted by atomic mass is 19.1. The van der Waals surface area contributed by atoms with Crippen LogP contribution in [0.3, 0.4) is 0 Å². The summed E-state index contributed by atoms with van der Waals surface area (Å²) < 4.78 is 14.3. The number of anilines is 1. The van der Waals surface area contributed by atoms with Crippen LogP contribution in [0.5, 0.6) is 0 Å². The van der Waals surface area contributed by atoms with Crippen LogP contribution in [0.2, 0.25) is 0 Å². The standard InChI is InChI=1S/C16H26FN3/c1-13(2)18-12-14-5-6-16(15(17)11-14)20-8-4-7-19(3)9-10-20/h5-6,11,13,18H,4,7-10,12H2,1-3H3. The Hall–Kier alpha value is -1.13. The van der Waals surface area contributed by atoms with Crippen molar-refractivity contribution in [3.05, 3.63) is 29.6 Å². The second-order valence-electron chi connectivity index (χ2n) is 5.97. The van der Waals surface area contributed by atoms with Crippen LogP contribution in [-0.2, 0) is 6.54 Å². The first-order valence-electron chi connectivity index (χ1n) is 7.51. The van der Waals surface area contributed by atoms with E-state index in [0.29, 0.717) is 6.04 Å². The molecule has 1 fully saturated rings. The van der Waals surface area contributed by atoms with Gasteiger partial charge >= 0.3 is 0 Å². The quantitative estimate of drug-likeness (QED) is 0.913. The van der Waals surface area contributed by atoms with E-state index in [1.165, 1.54) is 0 Å². The predicted molar refractivity (Wildman–Crippen MR) is 82.7 cm³/mol. The third-order valence-corrected chi connectivity index (χ3v) is 3.79. The number of likely N-dealkylation sites (N-methyl/N-ethyl adjacent to an activating group) is 1. The second kappa shape index (κ2) is 7.04. The number of hydrogen-bond acceptors (Lipinski definition) is 3. The maximum atomic E-state index is 14.3. The van der Waals surface area contributed by atoms with E-state index < -0.39 is 0 Å². The molecule has 1 aromatic rings. The first-order chi connectivity index (χ1) is 9.56. The monoisotopic (exact) mass is 279 g/mol. The van der Waals surface area contributed by atoms with E-state index in [9.17, 15) is 4.39 Å². The van der Waals surface area contributed by atoms with Gasteiger partial charge in [-0.25, -0.2) is 4.39 Å². The van der Waals surface area contributed by atoms with Crippen molar-refractivity contribution in [3.63, 3.8) is 0 Å². The smallest absolute Gasteiger partial charge is 0.146 e. The molecular formula is C16H26FN3. The van der Waals surface area contributed by atoms with Gasteiger partial charge in [-0.1, -0.05) is 19.9 Å². The Morgan fingerprint density at radius 3 is 2.70 bits per heavy atom. The van der Waals surface area contributed by atoms with Crippen LogP contribution in [0.4, 0.5) is 10.1 Å². The predicted octanol–water partition coefficient (Wildman–Crippen LogP) is 2.47. The molecule has 1 N–H and O–H groups in total. The van der Waals surface area contributed by atoms with Gasteiger partial charge in [0.05, 0.1) is 5.69 Å². The lowest BCUT2D eigenvalue weighted by Gasteiger charge is -2.23. The summed E-state index contributed by atoms with van der Waals surface area (Å²) in [5.74, 6) is -0.0994. The zero-order valence-electron chi connectivity index (χ0n) is 12.8. The molecule has 0 unspecified atom stereocenters. The van der Waals surface area contributed by atoms with Crippen LogP contribution in [-0.4, -0.2) is 44.2 Å². The highest BCUT2D eigenvalue weighted by Crippen LogP contribution is 2.22. The van der Waals surface area contributed by atoms with E-state index in [2.05, 4.69) is 36.0 Å². The molecule has 2 rings (SSSR count). The third-order valence-electron chi connectivity index (χ3n) is 3.79. The van der Waals surface area contributed by atoms with Gasteiger partial charge in [0.15, 0.2) is 0 Å². The number of rotatable bonds is 4. The molecule has 20 heavy (non-hydrogen) atoms. The summed E-state index contributed by atoms with van der Waals surface area (Å²) in [7, 11) is 2.13. The molecule has 1 aliphatic rings. The molecule has 0 bridgehead atoms. The van der Waals surface area contributed by atoms with Crippen molar-refractivity contribution in [1.29, 1.82) is 0 Å². The summed E-state index contributed by atoms with van der Waals surface area (Å²) in [5.41, 5.74) is 1.75. The fourth-order valence-corrected chi connectivity index (χ4v) is 2.53. The van der Waals surface area contributed by atoms with Gasteiger partial charge in [0.25, 0.3) is 0 Å². The lowest BCUT2D eigenvalue weighted by molar-refractivity contribution is 0.360. The lowest BCUT2D eigenvalue weighted by Crippen LogP contribution is -2.29. The fraction of sp³-hybridized carbons (Fsp3) is 0.625. The molecule has 3 nitrogen and oxygen atoms in total. The summed E-state index contributed by atoms with van der Waals surface area (Å²) in [6.07, 6.45) is 1.09. The molecular weight excluding hydrogens is 253 g/mol. The van der Waals surface area contributed by atoms with Gasteiger partial charge < -0.3 is 15.1 Å². The van der Waals surface area contributed by atoms with Crippen molar-refractivity contribution in [2.45, 2.75) is 32.9 Å². The molecule has 1 aromatic carbocycles. The first-order valence-corrected chi connectivity index (χ1v) is 7.51. The largest absolute Gasteiger partial charge is 0.368 e. The first kappa shape index (κ1) is 15.3. The Balaban J connectivity index is 2.05. The third kappa shape index (κ3) is 4.18. The highest BCUT2D eigenvalue weighted by molar-refractivity contribution is 5.49. The molecule has 4 heteroatoms. The van der Waals surface area contributed by atoms with Crippen molar-refractivity contribution in [2.24, 2.45) is 0 Å². The highest BCUT2D eigenvalue weighted by Gasteiger charge is 2.15. The summed E-state index contributed by atoms with van der Waals surface area (Å²) in [5, 5.41) is 3.32. The van der Waals surface area contributed by atoms with Crippen LogP contribution in [0.25, 0.3) is 0 Å². The van der Waals surface area contributed by atoms with Crippen LogP contribution in [0, 0.1) is 5.82 Å². The van der Waals surface area contributed by atoms with Gasteiger partial charge in [0.2, 0.25) is 0 Å². The van der Waals surface area contributed by atoms with Gasteiger partial charge in [-0.15, -0.1) is 0 Å². The molecule has 0 aromatic heterocycles. The number of benzene rings is 1. The van der Waals surface area contributed by atoms with Crippen molar-refractivity contribution in [1.82, 2.24) is 10.2 Å². The molecule has 1 saturated heterocycles. The van der Waals surface area contributed by atoms with Crippen LogP contribution in [0.15, 0.2) is 18.2 Å². The van der Waals surface area contributed by atoms with Crippen molar-refractivity contribution in [3.8, 4) is 0 Å². The zero-order valence-corrected chi connectivity index (χ0v) is 12.8. The average molecular weight is 279 g/mol. The Kier molecular flexibility index (Phi) is 5.38. The zero-order chi connectivity index (χ0) is 14.5. The van der Waals surface area contributed by atoms with Crippen LogP contribution in [0.1, 0.15) is 25.8 Å². The Morgan fingerprint density at radius 2 is 2.00 bits per heavy atom. The Morgan fingerprint density at radius 1 is 1.20 bits per heavy atom. The summed E-state index contributed by atoms with van der Waals surface area (Å²) in [6.45, 7) is 8.83. The van der Waals surface area contributed by atoms with Gasteiger partial charge in [0.1, 0.15) is 5.82 Å². The molecule has 0 aliphatic carbocycles. The number of nitrogens with one attached hydrogen (secondary N) is 1. The molecule has 112 valence electrons. The molecule has 0 radical (unpaired) electrons. The second-order valence-corrected chi connectivity index (χ2v) is 5.97. The molecule has 0 amide bonds. The Labute approximate surface area is 121 Å². The van der Waals surface area contributed by atoms with E-state index in [0.717, 1.165) is 50.4 Å². The minimum atomic E-state index is -0.0994. The SMILES string of the molecule is CC(C)NCc1ccc(N2CCCN(C)CC2)c(F)c1. The number of nitrogens with zero attached hydrogens (tertiary/aromatic N) is 2. The molecule has 1 aliphatic heterocycles. The van der Waals surface area contributed by atoms with Crippen molar-refractivity contribution >= 4 is 5.69 Å². The minimum Gasteiger partial charge on any atom is -0.368 e. The fourth-order valence-electron chi connectivity index (χ4n) is 2.53. The van der Waals surface area contributed by atoms with E-state index in [1.54, 1.807) is 6.07 Å². The molecule has 0 saturated carbocycles. The van der Waals surface area contributed by atoms with E-state index in [4.69, 9.17) is 0 Å². The van der Waals surface area contributed by atoms with E-state index in [-0.39, 0.29) is 5.82 Å². The van der Waals surface area contributed by atoms with Gasteiger partial charge in [-0.05, 0) is 37.7 Å². The number of halogens is 1. The van der Waals surface area contributed by atoms with Gasteiger partial charge in [-0.2, -0.15) is 0 Å². The van der Waals surface area contributed by atoms with E-state index >= 15 is 0 Å². The average Bonchev–Trinajstić information content (AvgIpc) is 2.61. The van der Waals surface area contributed by atoms with E-state index in [1.807, 2.05) is 12.1 Å². The topological polar surface area (TPSA) is 18.5 Å². The number of hydrogen-bond donors (Lipinski definition) is 1. The van der Waals surface area contributed by atoms with Crippen molar-refractivity contribution in [2.75, 3.05) is 38.1 Å². The maximum absolute atomic E-state index is 14.3. The maximum Gasteiger partial charge on any atom is 0.146 e. The normalized spacial score (nSPS) is 17.6. The van der Waals surface area contributed by atoms with Gasteiger partial charge in [0, 0.05) is 32.2 Å². The van der Waals surface area contributed by atoms with Gasteiger partial charge in [-0.3, -0.25) is 0 Å². The summed E-state index contributed by atoms with van der Waals surface area (Å²) in [4.78, 5) is 4.47. The van der Waals surface area contributed by atoms with Crippen LogP contribution >= 0.6 is 0 Å². The summed E-state index contributed by atoms with van der Waals surface area (Å²) in [6, 6.07) is 6.04. The van der Waals surface area contributed by atoms with Crippen molar-refractivity contribution < 1.29 is 4.39 Å². The molecule has 0 spiro atoms. The molecule has 0 atom stereocenters.